The summed E-state index contributed by atoms with van der Waals surface area (Å²) in [6, 6.07) is 9.04. The van der Waals surface area contributed by atoms with Crippen LogP contribution in [0.5, 0.6) is 0 Å². The number of hydrogen-bond acceptors (Lipinski definition) is 5. The topological polar surface area (TPSA) is 83.1 Å². The molecule has 0 radical (unpaired) electrons. The van der Waals surface area contributed by atoms with Gasteiger partial charge >= 0.3 is 6.03 Å². The molecule has 3 amide bonds. The van der Waals surface area contributed by atoms with Crippen LogP contribution >= 0.6 is 0 Å². The summed E-state index contributed by atoms with van der Waals surface area (Å²) < 4.78 is 0. The highest BCUT2D eigenvalue weighted by atomic mass is 16.7. The van der Waals surface area contributed by atoms with Crippen molar-refractivity contribution in [1.82, 2.24) is 20.8 Å². The van der Waals surface area contributed by atoms with E-state index >= 15 is 0 Å². The van der Waals surface area contributed by atoms with Crippen LogP contribution in [0.25, 0.3) is 0 Å². The van der Waals surface area contributed by atoms with Crippen molar-refractivity contribution in [2.24, 2.45) is 0 Å². The van der Waals surface area contributed by atoms with Crippen molar-refractivity contribution < 1.29 is 19.3 Å². The molecule has 3 rings (SSSR count). The molecule has 1 aromatic rings. The molecule has 2 aliphatic heterocycles. The summed E-state index contributed by atoms with van der Waals surface area (Å²) in [6.07, 6.45) is 1.32. The summed E-state index contributed by atoms with van der Waals surface area (Å²) in [5.74, 6) is -0.287. The standard InChI is InChI=1S/C18H26N4O4/c1-13(19-2)11-25-20-17(23)16-9-8-15-10-21(16)18(24)22(15)26-12-14-6-4-3-5-7-14/h3-7,13,15-16,19H,8-12H2,1-2H3,(H,20,23)/t13-,15-,16+/m1/s1. The van der Waals surface area contributed by atoms with Crippen LogP contribution in [0.1, 0.15) is 25.3 Å². The van der Waals surface area contributed by atoms with Crippen LogP contribution < -0.4 is 10.8 Å². The molecule has 2 fully saturated rings. The van der Waals surface area contributed by atoms with Gasteiger partial charge in [0.15, 0.2) is 0 Å². The number of hydroxylamine groups is 3. The minimum absolute atomic E-state index is 0.0134. The molecule has 2 aliphatic rings. The van der Waals surface area contributed by atoms with E-state index in [4.69, 9.17) is 9.68 Å². The largest absolute Gasteiger partial charge is 0.345 e. The number of fused-ring (bicyclic) bond motifs is 2. The third-order valence-corrected chi connectivity index (χ3v) is 4.84. The van der Waals surface area contributed by atoms with Crippen molar-refractivity contribution in [3.63, 3.8) is 0 Å². The summed E-state index contributed by atoms with van der Waals surface area (Å²) in [5.41, 5.74) is 3.46. The van der Waals surface area contributed by atoms with E-state index in [9.17, 15) is 9.59 Å². The van der Waals surface area contributed by atoms with Gasteiger partial charge in [0, 0.05) is 12.6 Å². The predicted molar refractivity (Wildman–Crippen MR) is 94.6 cm³/mol. The van der Waals surface area contributed by atoms with Gasteiger partial charge in [-0.15, -0.1) is 0 Å². The van der Waals surface area contributed by atoms with E-state index in [-0.39, 0.29) is 24.0 Å². The van der Waals surface area contributed by atoms with Crippen LogP contribution in [-0.2, 0) is 21.1 Å². The zero-order valence-electron chi connectivity index (χ0n) is 15.2. The van der Waals surface area contributed by atoms with Gasteiger partial charge in [0.1, 0.15) is 12.6 Å². The number of urea groups is 1. The molecule has 2 heterocycles. The number of nitrogens with zero attached hydrogens (tertiary/aromatic N) is 2. The minimum atomic E-state index is -0.519. The molecule has 0 saturated carbocycles. The Balaban J connectivity index is 1.53. The first-order chi connectivity index (χ1) is 12.6. The van der Waals surface area contributed by atoms with Gasteiger partial charge in [0.25, 0.3) is 5.91 Å². The molecule has 3 atom stereocenters. The lowest BCUT2D eigenvalue weighted by atomic mass is 10.0. The van der Waals surface area contributed by atoms with Crippen molar-refractivity contribution in [3.8, 4) is 0 Å². The Bertz CT molecular complexity index is 627. The number of piperidine rings is 1. The Hall–Kier alpha value is -2.16. The Morgan fingerprint density at radius 1 is 1.31 bits per heavy atom. The molecule has 2 N–H and O–H groups in total. The van der Waals surface area contributed by atoms with Crippen molar-refractivity contribution >= 4 is 11.9 Å². The number of carbonyl (C=O) groups is 2. The lowest BCUT2D eigenvalue weighted by Crippen LogP contribution is -2.50. The summed E-state index contributed by atoms with van der Waals surface area (Å²) >= 11 is 0. The monoisotopic (exact) mass is 362 g/mol. The van der Waals surface area contributed by atoms with Gasteiger partial charge in [-0.25, -0.2) is 10.3 Å². The SMILES string of the molecule is CN[C@H](C)CONC(=O)[C@@H]1CC[C@@H]2CN1C(=O)N2OCc1ccccc1. The van der Waals surface area contributed by atoms with Crippen LogP contribution in [0.2, 0.25) is 0 Å². The molecule has 142 valence electrons. The summed E-state index contributed by atoms with van der Waals surface area (Å²) in [4.78, 5) is 37.6. The number of likely N-dealkylation sites (N-methyl/N-ethyl adjacent to an activating group) is 1. The fraction of sp³-hybridized carbons (Fsp3) is 0.556. The van der Waals surface area contributed by atoms with Gasteiger partial charge in [-0.2, -0.15) is 5.06 Å². The fourth-order valence-electron chi connectivity index (χ4n) is 3.18. The summed E-state index contributed by atoms with van der Waals surface area (Å²) in [7, 11) is 1.82. The maximum absolute atomic E-state index is 12.6. The second-order valence-electron chi connectivity index (χ2n) is 6.73. The Labute approximate surface area is 153 Å². The van der Waals surface area contributed by atoms with Gasteiger partial charge in [-0.05, 0) is 32.4 Å². The Kier molecular flexibility index (Phi) is 6.08. The third-order valence-electron chi connectivity index (χ3n) is 4.84. The predicted octanol–water partition coefficient (Wildman–Crippen LogP) is 1.04. The van der Waals surface area contributed by atoms with Crippen molar-refractivity contribution in [2.75, 3.05) is 20.2 Å². The molecule has 0 aliphatic carbocycles. The van der Waals surface area contributed by atoms with Crippen LogP contribution in [-0.4, -0.2) is 60.2 Å². The average molecular weight is 362 g/mol. The van der Waals surface area contributed by atoms with Crippen LogP contribution in [0.15, 0.2) is 30.3 Å². The first-order valence-electron chi connectivity index (χ1n) is 8.95. The number of nitrogens with one attached hydrogen (secondary N) is 2. The van der Waals surface area contributed by atoms with Crippen LogP contribution in [0.4, 0.5) is 4.79 Å². The number of carbonyl (C=O) groups excluding carboxylic acids is 2. The van der Waals surface area contributed by atoms with Gasteiger partial charge in [-0.1, -0.05) is 30.3 Å². The second-order valence-corrected chi connectivity index (χ2v) is 6.73. The second kappa shape index (κ2) is 8.48. The summed E-state index contributed by atoms with van der Waals surface area (Å²) in [6.45, 7) is 3.14. The maximum atomic E-state index is 12.6. The van der Waals surface area contributed by atoms with E-state index in [1.165, 1.54) is 5.06 Å². The lowest BCUT2D eigenvalue weighted by molar-refractivity contribution is -0.141. The van der Waals surface area contributed by atoms with Crippen molar-refractivity contribution in [3.05, 3.63) is 35.9 Å². The van der Waals surface area contributed by atoms with Gasteiger partial charge in [-0.3, -0.25) is 14.5 Å². The highest BCUT2D eigenvalue weighted by molar-refractivity contribution is 5.88. The van der Waals surface area contributed by atoms with E-state index in [0.29, 0.717) is 26.2 Å². The fourth-order valence-corrected chi connectivity index (χ4v) is 3.18. The molecular formula is C18H26N4O4. The van der Waals surface area contributed by atoms with Crippen LogP contribution in [0, 0.1) is 0 Å². The maximum Gasteiger partial charge on any atom is 0.345 e. The molecule has 0 aromatic heterocycles. The number of benzene rings is 1. The van der Waals surface area contributed by atoms with Gasteiger partial charge < -0.3 is 10.2 Å². The summed E-state index contributed by atoms with van der Waals surface area (Å²) in [5, 5.41) is 4.44. The van der Waals surface area contributed by atoms with E-state index in [1.807, 2.05) is 44.3 Å². The van der Waals surface area contributed by atoms with Gasteiger partial charge in [0.05, 0.1) is 12.6 Å². The zero-order chi connectivity index (χ0) is 18.5. The van der Waals surface area contributed by atoms with E-state index in [2.05, 4.69) is 10.8 Å². The molecular weight excluding hydrogens is 336 g/mol. The Morgan fingerprint density at radius 3 is 2.81 bits per heavy atom. The first-order valence-corrected chi connectivity index (χ1v) is 8.95. The van der Waals surface area contributed by atoms with E-state index < -0.39 is 6.04 Å². The molecule has 0 spiro atoms. The van der Waals surface area contributed by atoms with Crippen molar-refractivity contribution in [2.45, 2.75) is 44.5 Å². The van der Waals surface area contributed by atoms with Crippen molar-refractivity contribution in [1.29, 1.82) is 0 Å². The van der Waals surface area contributed by atoms with Gasteiger partial charge in [0.2, 0.25) is 0 Å². The quantitative estimate of drug-likeness (QED) is 0.675. The third kappa shape index (κ3) is 4.14. The highest BCUT2D eigenvalue weighted by Crippen LogP contribution is 2.30. The molecule has 2 saturated heterocycles. The van der Waals surface area contributed by atoms with E-state index in [1.54, 1.807) is 4.90 Å². The minimum Gasteiger partial charge on any atom is -0.315 e. The molecule has 8 nitrogen and oxygen atoms in total. The van der Waals surface area contributed by atoms with E-state index in [0.717, 1.165) is 12.0 Å². The number of hydrogen-bond donors (Lipinski definition) is 2. The van der Waals surface area contributed by atoms with Crippen LogP contribution in [0.3, 0.4) is 0 Å². The lowest BCUT2D eigenvalue weighted by Gasteiger charge is -2.29. The molecule has 26 heavy (non-hydrogen) atoms. The Morgan fingerprint density at radius 2 is 2.08 bits per heavy atom. The molecule has 0 unspecified atom stereocenters. The smallest absolute Gasteiger partial charge is 0.315 e. The molecule has 8 heteroatoms. The molecule has 2 bridgehead atoms. The first kappa shape index (κ1) is 18.6. The normalized spacial score (nSPS) is 23.2. The number of rotatable bonds is 8. The number of amides is 3. The average Bonchev–Trinajstić information content (AvgIpc) is 2.91. The molecule has 1 aromatic carbocycles. The highest BCUT2D eigenvalue weighted by Gasteiger charge is 2.48. The zero-order valence-corrected chi connectivity index (χ0v) is 15.2.